The van der Waals surface area contributed by atoms with Gasteiger partial charge < -0.3 is 10.2 Å². The molecule has 1 fully saturated rings. The molecule has 164 valence electrons. The molecule has 2 aromatic carbocycles. The van der Waals surface area contributed by atoms with Crippen LogP contribution in [0.3, 0.4) is 0 Å². The summed E-state index contributed by atoms with van der Waals surface area (Å²) < 4.78 is 13.7. The number of nitrogens with one attached hydrogen (secondary N) is 1. The van der Waals surface area contributed by atoms with Crippen LogP contribution in [0.15, 0.2) is 48.5 Å². The number of amides is 2. The average molecular weight is 424 g/mol. The molecule has 0 saturated carbocycles. The Morgan fingerprint density at radius 1 is 1.03 bits per heavy atom. The van der Waals surface area contributed by atoms with Gasteiger partial charge in [-0.3, -0.25) is 14.5 Å². The molecular weight excluding hydrogens is 393 g/mol. The number of benzene rings is 2. The van der Waals surface area contributed by atoms with E-state index in [4.69, 9.17) is 0 Å². The highest BCUT2D eigenvalue weighted by Gasteiger charge is 2.41. The first-order valence-corrected chi connectivity index (χ1v) is 11.1. The Bertz CT molecular complexity index is 955. The number of piperazine rings is 1. The molecule has 1 aliphatic carbocycles. The van der Waals surface area contributed by atoms with Crippen LogP contribution in [0.1, 0.15) is 41.3 Å². The van der Waals surface area contributed by atoms with E-state index in [0.29, 0.717) is 26.2 Å². The molecule has 2 aromatic rings. The van der Waals surface area contributed by atoms with Crippen molar-refractivity contribution in [3.8, 4) is 0 Å². The zero-order valence-corrected chi connectivity index (χ0v) is 18.1. The van der Waals surface area contributed by atoms with E-state index in [1.807, 2.05) is 11.0 Å². The van der Waals surface area contributed by atoms with Gasteiger partial charge >= 0.3 is 0 Å². The lowest BCUT2D eigenvalue weighted by Gasteiger charge is -2.42. The Kier molecular flexibility index (Phi) is 6.37. The summed E-state index contributed by atoms with van der Waals surface area (Å²) in [5.74, 6) is -0.673. The predicted molar refractivity (Wildman–Crippen MR) is 118 cm³/mol. The molecule has 1 aliphatic heterocycles. The van der Waals surface area contributed by atoms with Crippen molar-refractivity contribution < 1.29 is 14.0 Å². The maximum Gasteiger partial charge on any atom is 0.254 e. The highest BCUT2D eigenvalue weighted by molar-refractivity contribution is 5.94. The Labute approximate surface area is 183 Å². The molecule has 0 bridgehead atoms. The molecule has 5 nitrogen and oxygen atoms in total. The summed E-state index contributed by atoms with van der Waals surface area (Å²) >= 11 is 0. The van der Waals surface area contributed by atoms with E-state index in [0.717, 1.165) is 32.4 Å². The first kappa shape index (κ1) is 21.5. The first-order valence-electron chi connectivity index (χ1n) is 11.1. The summed E-state index contributed by atoms with van der Waals surface area (Å²) in [6, 6.07) is 14.3. The highest BCUT2D eigenvalue weighted by atomic mass is 19.1. The first-order chi connectivity index (χ1) is 15.0. The number of carbonyl (C=O) groups excluding carboxylic acids is 2. The lowest BCUT2D eigenvalue weighted by molar-refractivity contribution is -0.139. The third-order valence-electron chi connectivity index (χ3n) is 6.70. The van der Waals surface area contributed by atoms with E-state index in [1.54, 1.807) is 12.1 Å². The minimum atomic E-state index is -0.509. The van der Waals surface area contributed by atoms with Gasteiger partial charge in [-0.25, -0.2) is 4.39 Å². The van der Waals surface area contributed by atoms with Gasteiger partial charge in [0.1, 0.15) is 5.82 Å². The number of halogens is 1. The molecule has 1 N–H and O–H groups in total. The van der Waals surface area contributed by atoms with Crippen molar-refractivity contribution in [2.75, 3.05) is 39.3 Å². The fraction of sp³-hybridized carbons (Fsp3) is 0.440. The van der Waals surface area contributed by atoms with Gasteiger partial charge in [-0.2, -0.15) is 0 Å². The minimum Gasteiger partial charge on any atom is -0.351 e. The Morgan fingerprint density at radius 3 is 2.52 bits per heavy atom. The number of nitrogens with zero attached hydrogens (tertiary/aromatic N) is 2. The fourth-order valence-electron chi connectivity index (χ4n) is 4.86. The number of aryl methyl sites for hydroxylation is 1. The summed E-state index contributed by atoms with van der Waals surface area (Å²) in [5, 5.41) is 2.79. The second-order valence-electron chi connectivity index (χ2n) is 8.71. The zero-order valence-electron chi connectivity index (χ0n) is 18.1. The standard InChI is InChI=1S/C25H30FN3O2/c1-25(12-6-8-19-7-2-4-10-21(19)25)24(31)29-17-15-28(16-18-29)14-13-27-23(30)20-9-3-5-11-22(20)26/h2-5,7,9-11H,6,8,12-18H2,1H3,(H,27,30). The van der Waals surface area contributed by atoms with Gasteiger partial charge in [-0.05, 0) is 49.4 Å². The maximum absolute atomic E-state index is 13.7. The molecule has 31 heavy (non-hydrogen) atoms. The number of hydrogen-bond donors (Lipinski definition) is 1. The molecule has 2 amide bonds. The predicted octanol–water partition coefficient (Wildman–Crippen LogP) is 2.99. The van der Waals surface area contributed by atoms with Gasteiger partial charge in [0.15, 0.2) is 0 Å². The molecule has 2 aliphatic rings. The Balaban J connectivity index is 1.28. The summed E-state index contributed by atoms with van der Waals surface area (Å²) in [6.07, 6.45) is 2.98. The lowest BCUT2D eigenvalue weighted by atomic mass is 9.70. The van der Waals surface area contributed by atoms with Crippen LogP contribution in [0.25, 0.3) is 0 Å². The SMILES string of the molecule is CC1(C(=O)N2CCN(CCNC(=O)c3ccccc3F)CC2)CCCc2ccccc21. The minimum absolute atomic E-state index is 0.0684. The largest absolute Gasteiger partial charge is 0.351 e. The molecule has 1 heterocycles. The van der Waals surface area contributed by atoms with E-state index in [-0.39, 0.29) is 11.5 Å². The zero-order chi connectivity index (χ0) is 21.8. The monoisotopic (exact) mass is 423 g/mol. The smallest absolute Gasteiger partial charge is 0.254 e. The maximum atomic E-state index is 13.7. The molecule has 0 spiro atoms. The Morgan fingerprint density at radius 2 is 1.74 bits per heavy atom. The van der Waals surface area contributed by atoms with Crippen LogP contribution in [-0.4, -0.2) is 60.9 Å². The van der Waals surface area contributed by atoms with Crippen LogP contribution >= 0.6 is 0 Å². The van der Waals surface area contributed by atoms with Crippen molar-refractivity contribution in [2.45, 2.75) is 31.6 Å². The van der Waals surface area contributed by atoms with E-state index < -0.39 is 17.1 Å². The van der Waals surface area contributed by atoms with E-state index >= 15 is 0 Å². The molecule has 1 unspecified atom stereocenters. The van der Waals surface area contributed by atoms with Crippen LogP contribution in [0.4, 0.5) is 4.39 Å². The van der Waals surface area contributed by atoms with Gasteiger partial charge in [0, 0.05) is 39.3 Å². The van der Waals surface area contributed by atoms with Crippen LogP contribution in [0, 0.1) is 5.82 Å². The second-order valence-corrected chi connectivity index (χ2v) is 8.71. The molecule has 1 saturated heterocycles. The fourth-order valence-corrected chi connectivity index (χ4v) is 4.86. The van der Waals surface area contributed by atoms with Gasteiger partial charge in [0.25, 0.3) is 5.91 Å². The quantitative estimate of drug-likeness (QED) is 0.805. The van der Waals surface area contributed by atoms with E-state index in [1.165, 1.54) is 23.3 Å². The van der Waals surface area contributed by atoms with Crippen molar-refractivity contribution in [1.29, 1.82) is 0 Å². The molecule has 0 radical (unpaired) electrons. The van der Waals surface area contributed by atoms with Crippen LogP contribution in [0.2, 0.25) is 0 Å². The third kappa shape index (κ3) is 4.49. The molecule has 6 heteroatoms. The van der Waals surface area contributed by atoms with E-state index in [9.17, 15) is 14.0 Å². The Hall–Kier alpha value is -2.73. The van der Waals surface area contributed by atoms with Crippen molar-refractivity contribution in [3.63, 3.8) is 0 Å². The number of hydrogen-bond acceptors (Lipinski definition) is 3. The lowest BCUT2D eigenvalue weighted by Crippen LogP contribution is -2.55. The van der Waals surface area contributed by atoms with Crippen LogP contribution in [-0.2, 0) is 16.6 Å². The topological polar surface area (TPSA) is 52.7 Å². The number of fused-ring (bicyclic) bond motifs is 1. The summed E-state index contributed by atoms with van der Waals surface area (Å²) in [7, 11) is 0. The number of carbonyl (C=O) groups is 2. The summed E-state index contributed by atoms with van der Waals surface area (Å²) in [4.78, 5) is 29.8. The van der Waals surface area contributed by atoms with Crippen LogP contribution in [0.5, 0.6) is 0 Å². The van der Waals surface area contributed by atoms with Gasteiger partial charge in [-0.1, -0.05) is 36.4 Å². The third-order valence-corrected chi connectivity index (χ3v) is 6.70. The van der Waals surface area contributed by atoms with Crippen molar-refractivity contribution in [2.24, 2.45) is 0 Å². The van der Waals surface area contributed by atoms with Crippen molar-refractivity contribution in [3.05, 3.63) is 71.0 Å². The van der Waals surface area contributed by atoms with Crippen molar-refractivity contribution in [1.82, 2.24) is 15.1 Å². The molecule has 0 aromatic heterocycles. The van der Waals surface area contributed by atoms with Gasteiger partial charge in [0.2, 0.25) is 5.91 Å². The average Bonchev–Trinajstić information content (AvgIpc) is 2.79. The van der Waals surface area contributed by atoms with Crippen molar-refractivity contribution >= 4 is 11.8 Å². The normalized spacial score (nSPS) is 21.4. The van der Waals surface area contributed by atoms with Gasteiger partial charge in [-0.15, -0.1) is 0 Å². The molecular formula is C25H30FN3O2. The van der Waals surface area contributed by atoms with E-state index in [2.05, 4.69) is 35.3 Å². The highest BCUT2D eigenvalue weighted by Crippen LogP contribution is 2.38. The summed E-state index contributed by atoms with van der Waals surface area (Å²) in [6.45, 7) is 6.17. The molecule has 1 atom stereocenters. The second kappa shape index (κ2) is 9.18. The summed E-state index contributed by atoms with van der Waals surface area (Å²) in [5.41, 5.74) is 2.11. The van der Waals surface area contributed by atoms with Crippen LogP contribution < -0.4 is 5.32 Å². The van der Waals surface area contributed by atoms with Gasteiger partial charge in [0.05, 0.1) is 11.0 Å². The molecule has 4 rings (SSSR count). The number of rotatable bonds is 5.